The molecule has 1 saturated carbocycles. The molecule has 2 nitrogen and oxygen atoms in total. The zero-order valence-corrected chi connectivity index (χ0v) is 13.9. The molecule has 1 fully saturated rings. The molecule has 0 saturated heterocycles. The second kappa shape index (κ2) is 5.51. The summed E-state index contributed by atoms with van der Waals surface area (Å²) >= 11 is 6.73. The van der Waals surface area contributed by atoms with Crippen molar-refractivity contribution in [1.29, 1.82) is 0 Å². The maximum atomic E-state index is 9.68. The molecule has 1 aliphatic carbocycles. The van der Waals surface area contributed by atoms with Crippen molar-refractivity contribution in [3.8, 4) is 5.75 Å². The molecule has 2 rings (SSSR count). The van der Waals surface area contributed by atoms with Gasteiger partial charge in [0, 0.05) is 12.6 Å². The lowest BCUT2D eigenvalue weighted by atomic mass is 9.87. The smallest absolute Gasteiger partial charge is 0.143 e. The van der Waals surface area contributed by atoms with Crippen LogP contribution in [-0.4, -0.2) is 11.1 Å². The maximum absolute atomic E-state index is 9.68. The molecule has 0 bridgehead atoms. The summed E-state index contributed by atoms with van der Waals surface area (Å²) in [7, 11) is 0. The van der Waals surface area contributed by atoms with Crippen molar-refractivity contribution in [2.45, 2.75) is 45.7 Å². The number of phenolic OH excluding ortho intramolecular Hbond substituents is 1. The molecule has 0 spiro atoms. The van der Waals surface area contributed by atoms with Crippen LogP contribution < -0.4 is 5.32 Å². The third-order valence-electron chi connectivity index (χ3n) is 3.89. The van der Waals surface area contributed by atoms with Crippen molar-refractivity contribution in [2.24, 2.45) is 5.41 Å². The Balaban J connectivity index is 2.03. The molecule has 2 N–H and O–H groups in total. The van der Waals surface area contributed by atoms with E-state index in [9.17, 15) is 5.11 Å². The van der Waals surface area contributed by atoms with Crippen LogP contribution in [0.25, 0.3) is 0 Å². The summed E-state index contributed by atoms with van der Waals surface area (Å²) in [5.41, 5.74) is 1.57. The lowest BCUT2D eigenvalue weighted by molar-refractivity contribution is 0.282. The second-order valence-electron chi connectivity index (χ2n) is 5.72. The van der Waals surface area contributed by atoms with E-state index in [0.29, 0.717) is 11.5 Å². The molecule has 0 aromatic heterocycles. The highest BCUT2D eigenvalue weighted by atomic mass is 79.9. The zero-order chi connectivity index (χ0) is 13.3. The topological polar surface area (TPSA) is 32.3 Å². The number of nitrogens with one attached hydrogen (secondary N) is 1. The average molecular weight is 377 g/mol. The largest absolute Gasteiger partial charge is 0.506 e. The fourth-order valence-corrected chi connectivity index (χ4v) is 3.95. The minimum absolute atomic E-state index is 0.264. The number of hydrogen-bond acceptors (Lipinski definition) is 2. The van der Waals surface area contributed by atoms with Crippen LogP contribution in [0, 0.1) is 5.41 Å². The highest BCUT2D eigenvalue weighted by molar-refractivity contribution is 9.11. The number of hydrogen-bond donors (Lipinski definition) is 2. The molecular formula is C14H19Br2NO. The molecule has 1 unspecified atom stereocenters. The van der Waals surface area contributed by atoms with E-state index in [2.05, 4.69) is 51.0 Å². The quantitative estimate of drug-likeness (QED) is 0.808. The van der Waals surface area contributed by atoms with Crippen LogP contribution in [0.5, 0.6) is 5.75 Å². The first kappa shape index (κ1) is 14.4. The van der Waals surface area contributed by atoms with E-state index in [-0.39, 0.29) is 5.75 Å². The first-order chi connectivity index (χ1) is 8.40. The average Bonchev–Trinajstić information content (AvgIpc) is 2.62. The Morgan fingerprint density at radius 2 is 1.94 bits per heavy atom. The minimum Gasteiger partial charge on any atom is -0.506 e. The molecule has 1 aromatic carbocycles. The van der Waals surface area contributed by atoms with Gasteiger partial charge in [-0.15, -0.1) is 0 Å². The van der Waals surface area contributed by atoms with Gasteiger partial charge in [-0.05, 0) is 67.8 Å². The van der Waals surface area contributed by atoms with Crippen molar-refractivity contribution >= 4 is 31.9 Å². The Kier molecular flexibility index (Phi) is 4.40. The number of benzene rings is 1. The van der Waals surface area contributed by atoms with Gasteiger partial charge in [0.25, 0.3) is 0 Å². The lowest BCUT2D eigenvalue weighted by Crippen LogP contribution is -2.37. The fourth-order valence-electron chi connectivity index (χ4n) is 2.67. The summed E-state index contributed by atoms with van der Waals surface area (Å²) in [6.07, 6.45) is 3.87. The van der Waals surface area contributed by atoms with Crippen LogP contribution in [0.2, 0.25) is 0 Å². The van der Waals surface area contributed by atoms with Gasteiger partial charge in [-0.1, -0.05) is 20.3 Å². The summed E-state index contributed by atoms with van der Waals surface area (Å²) in [5.74, 6) is 0.264. The maximum Gasteiger partial charge on any atom is 0.143 e. The van der Waals surface area contributed by atoms with Gasteiger partial charge in [-0.3, -0.25) is 0 Å². The molecule has 0 heterocycles. The molecular weight excluding hydrogens is 358 g/mol. The van der Waals surface area contributed by atoms with Crippen LogP contribution in [0.1, 0.15) is 38.7 Å². The molecule has 18 heavy (non-hydrogen) atoms. The van der Waals surface area contributed by atoms with E-state index in [4.69, 9.17) is 0 Å². The summed E-state index contributed by atoms with van der Waals surface area (Å²) in [6.45, 7) is 5.51. The second-order valence-corrected chi connectivity index (χ2v) is 7.43. The Labute approximate surface area is 125 Å². The summed E-state index contributed by atoms with van der Waals surface area (Å²) in [4.78, 5) is 0. The molecule has 1 aliphatic rings. The first-order valence-electron chi connectivity index (χ1n) is 6.30. The first-order valence-corrected chi connectivity index (χ1v) is 7.89. The Bertz CT molecular complexity index is 422. The molecule has 0 aliphatic heterocycles. The van der Waals surface area contributed by atoms with Crippen molar-refractivity contribution in [3.63, 3.8) is 0 Å². The van der Waals surface area contributed by atoms with E-state index in [1.54, 1.807) is 0 Å². The third kappa shape index (κ3) is 3.09. The number of halogens is 2. The number of aromatic hydroxyl groups is 1. The van der Waals surface area contributed by atoms with E-state index >= 15 is 0 Å². The van der Waals surface area contributed by atoms with Gasteiger partial charge in [0.05, 0.1) is 8.95 Å². The Morgan fingerprint density at radius 1 is 1.33 bits per heavy atom. The summed E-state index contributed by atoms with van der Waals surface area (Å²) in [6, 6.07) is 4.52. The van der Waals surface area contributed by atoms with E-state index < -0.39 is 0 Å². The third-order valence-corrected chi connectivity index (χ3v) is 5.10. The van der Waals surface area contributed by atoms with Crippen LogP contribution in [-0.2, 0) is 6.54 Å². The highest BCUT2D eigenvalue weighted by Crippen LogP contribution is 2.38. The molecule has 1 aromatic rings. The Morgan fingerprint density at radius 3 is 2.44 bits per heavy atom. The molecule has 0 amide bonds. The van der Waals surface area contributed by atoms with Gasteiger partial charge in [-0.25, -0.2) is 0 Å². The standard InChI is InChI=1S/C14H19Br2NO/c1-14(2)5-3-4-12(14)17-8-9-6-10(15)13(18)11(16)7-9/h6-7,12,17-18H,3-5,8H2,1-2H3. The lowest BCUT2D eigenvalue weighted by Gasteiger charge is -2.28. The van der Waals surface area contributed by atoms with Crippen molar-refractivity contribution < 1.29 is 5.11 Å². The van der Waals surface area contributed by atoms with Crippen molar-refractivity contribution in [3.05, 3.63) is 26.6 Å². The van der Waals surface area contributed by atoms with Crippen LogP contribution >= 0.6 is 31.9 Å². The predicted molar refractivity (Wildman–Crippen MR) is 81.8 cm³/mol. The van der Waals surface area contributed by atoms with Crippen molar-refractivity contribution in [2.75, 3.05) is 0 Å². The monoisotopic (exact) mass is 375 g/mol. The molecule has 0 radical (unpaired) electrons. The SMILES string of the molecule is CC1(C)CCCC1NCc1cc(Br)c(O)c(Br)c1. The fraction of sp³-hybridized carbons (Fsp3) is 0.571. The van der Waals surface area contributed by atoms with Crippen LogP contribution in [0.15, 0.2) is 21.1 Å². The minimum atomic E-state index is 0.264. The molecule has 1 atom stereocenters. The van der Waals surface area contributed by atoms with Gasteiger partial charge >= 0.3 is 0 Å². The van der Waals surface area contributed by atoms with Gasteiger partial charge in [0.1, 0.15) is 5.75 Å². The normalized spacial score (nSPS) is 22.3. The molecule has 100 valence electrons. The van der Waals surface area contributed by atoms with Gasteiger partial charge < -0.3 is 10.4 Å². The molecule has 4 heteroatoms. The highest BCUT2D eigenvalue weighted by Gasteiger charge is 2.33. The Hall–Kier alpha value is -0.0600. The summed E-state index contributed by atoms with van der Waals surface area (Å²) in [5, 5.41) is 13.3. The van der Waals surface area contributed by atoms with Gasteiger partial charge in [-0.2, -0.15) is 0 Å². The van der Waals surface area contributed by atoms with E-state index in [0.717, 1.165) is 15.5 Å². The zero-order valence-electron chi connectivity index (χ0n) is 10.8. The van der Waals surface area contributed by atoms with Gasteiger partial charge in [0.2, 0.25) is 0 Å². The predicted octanol–water partition coefficient (Wildman–Crippen LogP) is 4.59. The van der Waals surface area contributed by atoms with Crippen LogP contribution in [0.4, 0.5) is 0 Å². The number of phenols is 1. The number of rotatable bonds is 3. The van der Waals surface area contributed by atoms with Crippen molar-refractivity contribution in [1.82, 2.24) is 5.32 Å². The summed E-state index contributed by atoms with van der Waals surface area (Å²) < 4.78 is 1.47. The van der Waals surface area contributed by atoms with E-state index in [1.165, 1.54) is 24.8 Å². The van der Waals surface area contributed by atoms with E-state index in [1.807, 2.05) is 12.1 Å². The van der Waals surface area contributed by atoms with Gasteiger partial charge in [0.15, 0.2) is 0 Å². The van der Waals surface area contributed by atoms with Crippen LogP contribution in [0.3, 0.4) is 0 Å².